The summed E-state index contributed by atoms with van der Waals surface area (Å²) in [6.07, 6.45) is 1.11. The van der Waals surface area contributed by atoms with E-state index in [9.17, 15) is 4.39 Å². The van der Waals surface area contributed by atoms with Crippen molar-refractivity contribution in [2.45, 2.75) is 13.5 Å². The zero-order chi connectivity index (χ0) is 6.85. The van der Waals surface area contributed by atoms with E-state index in [-0.39, 0.29) is 5.82 Å². The number of halogens is 1. The minimum absolute atomic E-state index is 0.109. The van der Waals surface area contributed by atoms with Gasteiger partial charge in [0.05, 0.1) is 6.20 Å². The summed E-state index contributed by atoms with van der Waals surface area (Å²) in [6, 6.07) is 0. The Balaban J connectivity index is 3.04. The van der Waals surface area contributed by atoms with Gasteiger partial charge in [0, 0.05) is 6.54 Å². The predicted octanol–water partition coefficient (Wildman–Crippen LogP) is 0.624. The van der Waals surface area contributed by atoms with Crippen LogP contribution in [0.25, 0.3) is 0 Å². The van der Waals surface area contributed by atoms with Crippen LogP contribution < -0.4 is 5.73 Å². The van der Waals surface area contributed by atoms with E-state index < -0.39 is 5.82 Å². The Kier molecular flexibility index (Phi) is 1.38. The van der Waals surface area contributed by atoms with E-state index in [0.29, 0.717) is 6.54 Å². The Labute approximate surface area is 52.3 Å². The number of nitrogen functional groups attached to an aromatic ring is 1. The van der Waals surface area contributed by atoms with Crippen molar-refractivity contribution in [3.05, 3.63) is 12.0 Å². The molecule has 9 heavy (non-hydrogen) atoms. The molecule has 0 fully saturated rings. The normalized spacial score (nSPS) is 10.0. The van der Waals surface area contributed by atoms with Crippen LogP contribution in [0, 0.1) is 5.82 Å². The first-order chi connectivity index (χ1) is 4.25. The topological polar surface area (TPSA) is 43.8 Å². The molecule has 3 nitrogen and oxygen atoms in total. The molecule has 0 bridgehead atoms. The monoisotopic (exact) mass is 129 g/mol. The highest BCUT2D eigenvalue weighted by Gasteiger charge is 2.02. The largest absolute Gasteiger partial charge is 0.381 e. The second-order valence-electron chi connectivity index (χ2n) is 1.69. The molecule has 1 rings (SSSR count). The van der Waals surface area contributed by atoms with Gasteiger partial charge in [0.2, 0.25) is 0 Å². The van der Waals surface area contributed by atoms with Gasteiger partial charge in [0.15, 0.2) is 11.6 Å². The van der Waals surface area contributed by atoms with Crippen LogP contribution in [0.5, 0.6) is 0 Å². The maximum Gasteiger partial charge on any atom is 0.184 e. The summed E-state index contributed by atoms with van der Waals surface area (Å²) in [4.78, 5) is 0. The zero-order valence-corrected chi connectivity index (χ0v) is 5.13. The number of nitrogens with two attached hydrogens (primary N) is 1. The molecule has 0 spiro atoms. The molecule has 4 heteroatoms. The van der Waals surface area contributed by atoms with Gasteiger partial charge < -0.3 is 5.73 Å². The number of rotatable bonds is 1. The molecule has 1 aromatic rings. The summed E-state index contributed by atoms with van der Waals surface area (Å²) in [5, 5.41) is 3.65. The molecule has 1 heterocycles. The maximum atomic E-state index is 12.3. The van der Waals surface area contributed by atoms with Crippen LogP contribution >= 0.6 is 0 Å². The Morgan fingerprint density at radius 2 is 2.56 bits per heavy atom. The summed E-state index contributed by atoms with van der Waals surface area (Å²) < 4.78 is 13.7. The first-order valence-electron chi connectivity index (χ1n) is 2.72. The van der Waals surface area contributed by atoms with Crippen molar-refractivity contribution in [2.75, 3.05) is 5.73 Å². The van der Waals surface area contributed by atoms with E-state index in [4.69, 9.17) is 5.73 Å². The molecule has 0 amide bonds. The number of anilines is 1. The lowest BCUT2D eigenvalue weighted by Crippen LogP contribution is -2.02. The minimum atomic E-state index is -0.447. The van der Waals surface area contributed by atoms with Crippen LogP contribution in [-0.4, -0.2) is 9.78 Å². The summed E-state index contributed by atoms with van der Waals surface area (Å²) in [5.74, 6) is -0.339. The minimum Gasteiger partial charge on any atom is -0.381 e. The van der Waals surface area contributed by atoms with Crippen molar-refractivity contribution in [2.24, 2.45) is 0 Å². The van der Waals surface area contributed by atoms with E-state index >= 15 is 0 Å². The fourth-order valence-corrected chi connectivity index (χ4v) is 0.624. The number of nitrogens with zero attached hydrogens (tertiary/aromatic N) is 2. The average molecular weight is 129 g/mol. The molecule has 0 aromatic carbocycles. The van der Waals surface area contributed by atoms with Crippen LogP contribution in [0.15, 0.2) is 6.20 Å². The second-order valence-corrected chi connectivity index (χ2v) is 1.69. The Morgan fingerprint density at radius 3 is 2.78 bits per heavy atom. The van der Waals surface area contributed by atoms with Gasteiger partial charge in [-0.15, -0.1) is 0 Å². The lowest BCUT2D eigenvalue weighted by molar-refractivity contribution is 0.625. The Bertz CT molecular complexity index is 206. The third-order valence-electron chi connectivity index (χ3n) is 1.13. The Hall–Kier alpha value is -1.06. The maximum absolute atomic E-state index is 12.3. The van der Waals surface area contributed by atoms with Crippen molar-refractivity contribution in [1.29, 1.82) is 0 Å². The van der Waals surface area contributed by atoms with E-state index in [1.54, 1.807) is 0 Å². The van der Waals surface area contributed by atoms with Crippen molar-refractivity contribution < 1.29 is 4.39 Å². The molecule has 0 saturated heterocycles. The molecular formula is C5H8FN3. The summed E-state index contributed by atoms with van der Waals surface area (Å²) in [6.45, 7) is 2.46. The average Bonchev–Trinajstić information content (AvgIpc) is 2.15. The molecule has 2 N–H and O–H groups in total. The van der Waals surface area contributed by atoms with Gasteiger partial charge in [0.25, 0.3) is 0 Å². The highest BCUT2D eigenvalue weighted by Crippen LogP contribution is 2.06. The smallest absolute Gasteiger partial charge is 0.184 e. The van der Waals surface area contributed by atoms with E-state index in [2.05, 4.69) is 5.10 Å². The number of hydrogen-bond donors (Lipinski definition) is 1. The Morgan fingerprint density at radius 1 is 1.89 bits per heavy atom. The fourth-order valence-electron chi connectivity index (χ4n) is 0.624. The van der Waals surface area contributed by atoms with Gasteiger partial charge in [-0.2, -0.15) is 5.10 Å². The summed E-state index contributed by atoms with van der Waals surface area (Å²) >= 11 is 0. The van der Waals surface area contributed by atoms with Gasteiger partial charge in [-0.1, -0.05) is 0 Å². The van der Waals surface area contributed by atoms with Crippen LogP contribution in [0.4, 0.5) is 10.2 Å². The lowest BCUT2D eigenvalue weighted by Gasteiger charge is -1.95. The highest BCUT2D eigenvalue weighted by atomic mass is 19.1. The van der Waals surface area contributed by atoms with Gasteiger partial charge in [0.1, 0.15) is 0 Å². The highest BCUT2D eigenvalue weighted by molar-refractivity contribution is 5.28. The molecule has 0 aliphatic heterocycles. The van der Waals surface area contributed by atoms with Crippen LogP contribution in [0.3, 0.4) is 0 Å². The van der Waals surface area contributed by atoms with Crippen LogP contribution in [0.1, 0.15) is 6.92 Å². The third-order valence-corrected chi connectivity index (χ3v) is 1.13. The first-order valence-corrected chi connectivity index (χ1v) is 2.72. The SMILES string of the molecule is CCn1ncc(F)c1N. The van der Waals surface area contributed by atoms with Crippen LogP contribution in [-0.2, 0) is 6.54 Å². The number of hydrogen-bond acceptors (Lipinski definition) is 2. The molecule has 0 atom stereocenters. The van der Waals surface area contributed by atoms with Crippen molar-refractivity contribution in [3.63, 3.8) is 0 Å². The first kappa shape index (κ1) is 6.07. The quantitative estimate of drug-likeness (QED) is 0.604. The molecule has 0 aliphatic rings. The molecule has 0 radical (unpaired) electrons. The van der Waals surface area contributed by atoms with Gasteiger partial charge in [-0.25, -0.2) is 9.07 Å². The molecular weight excluding hydrogens is 121 g/mol. The predicted molar refractivity (Wildman–Crippen MR) is 32.3 cm³/mol. The van der Waals surface area contributed by atoms with Gasteiger partial charge in [-0.3, -0.25) is 0 Å². The number of aryl methyl sites for hydroxylation is 1. The lowest BCUT2D eigenvalue weighted by atomic mass is 10.6. The molecule has 50 valence electrons. The van der Waals surface area contributed by atoms with Gasteiger partial charge in [-0.05, 0) is 6.92 Å². The molecule has 1 aromatic heterocycles. The van der Waals surface area contributed by atoms with E-state index in [1.165, 1.54) is 4.68 Å². The standard InChI is InChI=1S/C5H8FN3/c1-2-9-5(7)4(6)3-8-9/h3H,2,7H2,1H3. The molecule has 0 saturated carbocycles. The van der Waals surface area contributed by atoms with Crippen molar-refractivity contribution in [3.8, 4) is 0 Å². The molecule has 0 aliphatic carbocycles. The van der Waals surface area contributed by atoms with Crippen molar-refractivity contribution in [1.82, 2.24) is 9.78 Å². The van der Waals surface area contributed by atoms with E-state index in [0.717, 1.165) is 6.20 Å². The fraction of sp³-hybridized carbons (Fsp3) is 0.400. The summed E-state index contributed by atoms with van der Waals surface area (Å²) in [7, 11) is 0. The van der Waals surface area contributed by atoms with Gasteiger partial charge >= 0.3 is 0 Å². The van der Waals surface area contributed by atoms with Crippen molar-refractivity contribution >= 4 is 5.82 Å². The second kappa shape index (κ2) is 2.05. The summed E-state index contributed by atoms with van der Waals surface area (Å²) in [5.41, 5.74) is 5.24. The zero-order valence-electron chi connectivity index (χ0n) is 5.13. The third kappa shape index (κ3) is 0.872. The molecule has 0 unspecified atom stereocenters. The van der Waals surface area contributed by atoms with E-state index in [1.807, 2.05) is 6.92 Å². The number of aromatic nitrogens is 2. The van der Waals surface area contributed by atoms with Crippen LogP contribution in [0.2, 0.25) is 0 Å².